The first kappa shape index (κ1) is 25.0. The predicted molar refractivity (Wildman–Crippen MR) is 137 cm³/mol. The molecule has 194 valence electrons. The summed E-state index contributed by atoms with van der Waals surface area (Å²) in [5.74, 6) is 2.40. The largest absolute Gasteiger partial charge is 0.380 e. The number of carbonyl (C=O) groups is 1. The topological polar surface area (TPSA) is 48.1 Å². The number of amides is 1. The van der Waals surface area contributed by atoms with Gasteiger partial charge in [0.25, 0.3) is 0 Å². The Kier molecular flexibility index (Phi) is 8.84. The van der Waals surface area contributed by atoms with Gasteiger partial charge >= 0.3 is 0 Å². The average molecular weight is 475 g/mol. The van der Waals surface area contributed by atoms with E-state index in [1.54, 1.807) is 0 Å². The summed E-state index contributed by atoms with van der Waals surface area (Å²) in [6.07, 6.45) is 15.4. The molecular formula is C28H50N4O2. The summed E-state index contributed by atoms with van der Waals surface area (Å²) >= 11 is 0. The molecule has 5 aliphatic rings. The van der Waals surface area contributed by atoms with Gasteiger partial charge in [-0.15, -0.1) is 0 Å². The van der Waals surface area contributed by atoms with Gasteiger partial charge in [0.05, 0.1) is 12.1 Å². The van der Waals surface area contributed by atoms with Gasteiger partial charge in [0.15, 0.2) is 0 Å². The highest BCUT2D eigenvalue weighted by atomic mass is 16.5. The molecule has 2 saturated carbocycles. The Morgan fingerprint density at radius 3 is 2.44 bits per heavy atom. The molecule has 2 aliphatic carbocycles. The van der Waals surface area contributed by atoms with Gasteiger partial charge in [0.2, 0.25) is 5.91 Å². The van der Waals surface area contributed by atoms with E-state index >= 15 is 0 Å². The minimum atomic E-state index is 0.329. The summed E-state index contributed by atoms with van der Waals surface area (Å²) in [6, 6.07) is 1.16. The minimum Gasteiger partial charge on any atom is -0.380 e. The first-order valence-corrected chi connectivity index (χ1v) is 14.7. The smallest absolute Gasteiger partial charge is 0.225 e. The Morgan fingerprint density at radius 1 is 0.824 bits per heavy atom. The van der Waals surface area contributed by atoms with Gasteiger partial charge in [-0.2, -0.15) is 0 Å². The number of hydrogen-bond donors (Lipinski definition) is 1. The summed E-state index contributed by atoms with van der Waals surface area (Å²) in [5.41, 5.74) is 0. The number of piperidine rings is 2. The molecule has 5 fully saturated rings. The highest BCUT2D eigenvalue weighted by Crippen LogP contribution is 2.35. The van der Waals surface area contributed by atoms with E-state index in [2.05, 4.69) is 20.0 Å². The van der Waals surface area contributed by atoms with Crippen LogP contribution in [0.25, 0.3) is 0 Å². The van der Waals surface area contributed by atoms with Crippen molar-refractivity contribution in [3.63, 3.8) is 0 Å². The van der Waals surface area contributed by atoms with Gasteiger partial charge in [-0.25, -0.2) is 0 Å². The van der Waals surface area contributed by atoms with Crippen LogP contribution in [0.5, 0.6) is 0 Å². The number of rotatable bonds is 5. The van der Waals surface area contributed by atoms with Crippen molar-refractivity contribution < 1.29 is 9.53 Å². The van der Waals surface area contributed by atoms with Crippen molar-refractivity contribution in [2.45, 2.75) is 95.2 Å². The zero-order chi connectivity index (χ0) is 23.3. The molecule has 4 atom stereocenters. The Balaban J connectivity index is 1.10. The van der Waals surface area contributed by atoms with Crippen LogP contribution >= 0.6 is 0 Å². The maximum absolute atomic E-state index is 12.9. The van der Waals surface area contributed by atoms with Crippen molar-refractivity contribution >= 4 is 5.91 Å². The number of hydrogen-bond acceptors (Lipinski definition) is 5. The molecule has 0 spiro atoms. The van der Waals surface area contributed by atoms with Crippen LogP contribution in [0.15, 0.2) is 0 Å². The van der Waals surface area contributed by atoms with Crippen LogP contribution in [0.4, 0.5) is 0 Å². The first-order chi connectivity index (χ1) is 16.7. The predicted octanol–water partition coefficient (Wildman–Crippen LogP) is 3.36. The average Bonchev–Trinajstić information content (AvgIpc) is 3.14. The fourth-order valence-electron chi connectivity index (χ4n) is 7.98. The number of ether oxygens (including phenoxy) is 1. The van der Waals surface area contributed by atoms with Crippen molar-refractivity contribution in [3.05, 3.63) is 0 Å². The molecule has 0 bridgehead atoms. The Labute approximate surface area is 208 Å². The molecule has 0 aromatic heterocycles. The van der Waals surface area contributed by atoms with Crippen molar-refractivity contribution in [1.29, 1.82) is 0 Å². The third kappa shape index (κ3) is 5.82. The van der Waals surface area contributed by atoms with Crippen LogP contribution in [0, 0.1) is 17.8 Å². The second-order valence-corrected chi connectivity index (χ2v) is 12.0. The van der Waals surface area contributed by atoms with Crippen molar-refractivity contribution in [2.75, 3.05) is 59.5 Å². The summed E-state index contributed by atoms with van der Waals surface area (Å²) in [7, 11) is 1.93. The van der Waals surface area contributed by atoms with Crippen LogP contribution in [-0.2, 0) is 9.53 Å². The Bertz CT molecular complexity index is 646. The van der Waals surface area contributed by atoms with E-state index in [0.717, 1.165) is 37.8 Å². The van der Waals surface area contributed by atoms with Gasteiger partial charge in [-0.3, -0.25) is 9.69 Å². The second-order valence-electron chi connectivity index (χ2n) is 12.0. The van der Waals surface area contributed by atoms with E-state index < -0.39 is 0 Å². The number of likely N-dealkylation sites (tertiary alicyclic amines) is 1. The van der Waals surface area contributed by atoms with Crippen molar-refractivity contribution in [2.24, 2.45) is 17.8 Å². The summed E-state index contributed by atoms with van der Waals surface area (Å²) < 4.78 is 6.04. The summed E-state index contributed by atoms with van der Waals surface area (Å²) in [5, 5.41) is 3.90. The maximum Gasteiger partial charge on any atom is 0.225 e. The first-order valence-electron chi connectivity index (χ1n) is 14.7. The molecular weight excluding hydrogens is 424 g/mol. The van der Waals surface area contributed by atoms with E-state index in [9.17, 15) is 4.79 Å². The molecule has 3 saturated heterocycles. The highest BCUT2D eigenvalue weighted by molar-refractivity contribution is 5.79. The van der Waals surface area contributed by atoms with Crippen LogP contribution in [0.3, 0.4) is 0 Å². The molecule has 5 rings (SSSR count). The van der Waals surface area contributed by atoms with Gasteiger partial charge in [-0.1, -0.05) is 19.3 Å². The number of carbonyl (C=O) groups excluding carboxylic acids is 1. The normalized spacial score (nSPS) is 35.6. The molecule has 6 nitrogen and oxygen atoms in total. The van der Waals surface area contributed by atoms with Crippen LogP contribution in [-0.4, -0.2) is 98.3 Å². The summed E-state index contributed by atoms with van der Waals surface area (Å²) in [4.78, 5) is 20.7. The number of nitrogens with zero attached hydrogens (tertiary/aromatic N) is 3. The molecule has 0 radical (unpaired) electrons. The lowest BCUT2D eigenvalue weighted by molar-refractivity contribution is -0.138. The lowest BCUT2D eigenvalue weighted by Crippen LogP contribution is -2.63. The van der Waals surface area contributed by atoms with Crippen LogP contribution < -0.4 is 5.32 Å². The molecule has 1 amide bonds. The Hall–Kier alpha value is -0.690. The van der Waals surface area contributed by atoms with E-state index in [-0.39, 0.29) is 0 Å². The molecule has 0 aromatic rings. The SMILES string of the molecule is COC1CCC2CCCNC2C1N1CCCN(CC2CCN(C(=O)C3CCCCC3)CC2)CC1. The third-order valence-corrected chi connectivity index (χ3v) is 9.95. The zero-order valence-electron chi connectivity index (χ0n) is 21.8. The van der Waals surface area contributed by atoms with Gasteiger partial charge in [0.1, 0.15) is 0 Å². The quantitative estimate of drug-likeness (QED) is 0.662. The lowest BCUT2D eigenvalue weighted by atomic mass is 9.74. The Morgan fingerprint density at radius 2 is 1.65 bits per heavy atom. The molecule has 4 unspecified atom stereocenters. The molecule has 6 heteroatoms. The van der Waals surface area contributed by atoms with Gasteiger partial charge in [-0.05, 0) is 89.3 Å². The number of fused-ring (bicyclic) bond motifs is 1. The van der Waals surface area contributed by atoms with E-state index in [1.807, 2.05) is 7.11 Å². The van der Waals surface area contributed by atoms with E-state index in [4.69, 9.17) is 4.74 Å². The molecule has 3 aliphatic heterocycles. The van der Waals surface area contributed by atoms with Crippen molar-refractivity contribution in [1.82, 2.24) is 20.0 Å². The van der Waals surface area contributed by atoms with Gasteiger partial charge < -0.3 is 19.9 Å². The zero-order valence-corrected chi connectivity index (χ0v) is 21.8. The third-order valence-electron chi connectivity index (χ3n) is 9.95. The van der Waals surface area contributed by atoms with E-state index in [0.29, 0.717) is 30.0 Å². The molecule has 1 N–H and O–H groups in total. The molecule has 3 heterocycles. The number of nitrogens with one attached hydrogen (secondary N) is 1. The van der Waals surface area contributed by atoms with Gasteiger partial charge in [0, 0.05) is 51.8 Å². The fraction of sp³-hybridized carbons (Fsp3) is 0.964. The van der Waals surface area contributed by atoms with Crippen molar-refractivity contribution in [3.8, 4) is 0 Å². The summed E-state index contributed by atoms with van der Waals surface area (Å²) in [6.45, 7) is 9.18. The number of methoxy groups -OCH3 is 1. The van der Waals surface area contributed by atoms with Crippen LogP contribution in [0.2, 0.25) is 0 Å². The monoisotopic (exact) mass is 474 g/mol. The van der Waals surface area contributed by atoms with Crippen LogP contribution in [0.1, 0.15) is 77.0 Å². The molecule has 34 heavy (non-hydrogen) atoms. The fourth-order valence-corrected chi connectivity index (χ4v) is 7.98. The minimum absolute atomic E-state index is 0.329. The van der Waals surface area contributed by atoms with E-state index in [1.165, 1.54) is 103 Å². The standard InChI is InChI=1S/C28H50N4O2/c1-34-25-11-10-23-9-5-14-29-26(23)27(25)31-16-6-15-30(19-20-31)21-22-12-17-32(18-13-22)28(33)24-7-3-2-4-8-24/h22-27,29H,2-21H2,1H3. The maximum atomic E-state index is 12.9. The lowest BCUT2D eigenvalue weighted by Gasteiger charge is -2.49. The highest BCUT2D eigenvalue weighted by Gasteiger charge is 2.43. The second kappa shape index (κ2) is 12.0. The molecule has 0 aromatic carbocycles.